The molecule has 1 aliphatic rings. The number of benzene rings is 1. The van der Waals surface area contributed by atoms with Crippen molar-refractivity contribution in [2.24, 2.45) is 0 Å². The van der Waals surface area contributed by atoms with E-state index in [-0.39, 0.29) is 24.0 Å². The van der Waals surface area contributed by atoms with Crippen molar-refractivity contribution in [3.8, 4) is 5.75 Å². The van der Waals surface area contributed by atoms with Gasteiger partial charge >= 0.3 is 11.7 Å². The van der Waals surface area contributed by atoms with E-state index < -0.39 is 28.2 Å². The fraction of sp³-hybridized carbons (Fsp3) is 0.381. The van der Waals surface area contributed by atoms with E-state index in [1.54, 1.807) is 30.5 Å². The Hall–Kier alpha value is -3.18. The average Bonchev–Trinajstić information content (AvgIpc) is 3.05. The lowest BCUT2D eigenvalue weighted by Gasteiger charge is -2.31. The molecule has 10 nitrogen and oxygen atoms in total. The molecule has 2 aromatic heterocycles. The summed E-state index contributed by atoms with van der Waals surface area (Å²) in [4.78, 5) is 28.7. The van der Waals surface area contributed by atoms with Gasteiger partial charge in [0.25, 0.3) is 0 Å². The van der Waals surface area contributed by atoms with Crippen molar-refractivity contribution in [3.63, 3.8) is 0 Å². The quantitative estimate of drug-likeness (QED) is 0.569. The molecule has 1 saturated heterocycles. The monoisotopic (exact) mass is 460 g/mol. The molecule has 11 heteroatoms. The summed E-state index contributed by atoms with van der Waals surface area (Å²) < 4.78 is 35.5. The van der Waals surface area contributed by atoms with Gasteiger partial charge in [0.2, 0.25) is 10.0 Å². The molecular formula is C21H24N4O6S. The lowest BCUT2D eigenvalue weighted by Crippen LogP contribution is -2.41. The van der Waals surface area contributed by atoms with Crippen molar-refractivity contribution in [3.05, 3.63) is 53.1 Å². The van der Waals surface area contributed by atoms with E-state index in [9.17, 15) is 23.1 Å². The van der Waals surface area contributed by atoms with Gasteiger partial charge in [0.05, 0.1) is 17.0 Å². The van der Waals surface area contributed by atoms with Crippen LogP contribution in [0.2, 0.25) is 0 Å². The van der Waals surface area contributed by atoms with E-state index in [4.69, 9.17) is 4.74 Å². The number of hydrogen-bond acceptors (Lipinski definition) is 6. The van der Waals surface area contributed by atoms with Crippen molar-refractivity contribution in [2.75, 3.05) is 19.7 Å². The Morgan fingerprint density at radius 1 is 1.19 bits per heavy atom. The molecule has 0 unspecified atom stereocenters. The first-order chi connectivity index (χ1) is 15.3. The molecule has 1 N–H and O–H groups in total. The first-order valence-corrected chi connectivity index (χ1v) is 11.8. The zero-order valence-electron chi connectivity index (χ0n) is 17.5. The molecule has 0 bridgehead atoms. The van der Waals surface area contributed by atoms with Gasteiger partial charge in [-0.05, 0) is 56.2 Å². The van der Waals surface area contributed by atoms with E-state index in [2.05, 4.69) is 4.98 Å². The Balaban J connectivity index is 1.56. The number of hydrogen-bond donors (Lipinski definition) is 1. The maximum Gasteiger partial charge on any atom is 0.331 e. The van der Waals surface area contributed by atoms with Gasteiger partial charge in [-0.25, -0.2) is 18.2 Å². The Labute approximate surface area is 184 Å². The number of ether oxygens (including phenoxy) is 1. The summed E-state index contributed by atoms with van der Waals surface area (Å²) in [6.07, 6.45) is 2.38. The van der Waals surface area contributed by atoms with E-state index in [1.165, 1.54) is 25.6 Å². The van der Waals surface area contributed by atoms with Crippen LogP contribution in [-0.4, -0.2) is 57.6 Å². The maximum absolute atomic E-state index is 13.0. The molecule has 0 amide bonds. The minimum atomic E-state index is -3.67. The van der Waals surface area contributed by atoms with Crippen LogP contribution >= 0.6 is 0 Å². The highest BCUT2D eigenvalue weighted by Gasteiger charge is 2.32. The first-order valence-electron chi connectivity index (χ1n) is 10.3. The standard InChI is InChI=1S/C21H24N4O6S/c1-2-31-16-5-7-17(8-6-16)32(29,30)23-12-9-15(10-13-23)25-20-18(4-3-11-22-20)24(21(25)28)14-19(26)27/h3-8,11,15H,2,9-10,12-14H2,1H3,(H,26,27). The normalized spacial score (nSPS) is 15.8. The van der Waals surface area contributed by atoms with Gasteiger partial charge in [0.1, 0.15) is 12.3 Å². The number of carboxylic acids is 1. The SMILES string of the molecule is CCOc1ccc(S(=O)(=O)N2CCC(n3c(=O)n(CC(=O)O)c4cccnc43)CC2)cc1. The highest BCUT2D eigenvalue weighted by atomic mass is 32.2. The smallest absolute Gasteiger partial charge is 0.331 e. The molecular weight excluding hydrogens is 436 g/mol. The van der Waals surface area contributed by atoms with Crippen LogP contribution in [0.25, 0.3) is 11.2 Å². The molecule has 32 heavy (non-hydrogen) atoms. The largest absolute Gasteiger partial charge is 0.494 e. The van der Waals surface area contributed by atoms with Gasteiger partial charge in [-0.3, -0.25) is 13.9 Å². The van der Waals surface area contributed by atoms with Crippen molar-refractivity contribution in [1.82, 2.24) is 18.4 Å². The van der Waals surface area contributed by atoms with Crippen LogP contribution in [-0.2, 0) is 21.4 Å². The minimum absolute atomic E-state index is 0.191. The van der Waals surface area contributed by atoms with E-state index >= 15 is 0 Å². The van der Waals surface area contributed by atoms with Gasteiger partial charge in [0, 0.05) is 25.3 Å². The number of sulfonamides is 1. The maximum atomic E-state index is 13.0. The Kier molecular flexibility index (Phi) is 6.02. The number of fused-ring (bicyclic) bond motifs is 1. The van der Waals surface area contributed by atoms with Gasteiger partial charge in [-0.15, -0.1) is 0 Å². The predicted octanol–water partition coefficient (Wildman–Crippen LogP) is 1.71. The summed E-state index contributed by atoms with van der Waals surface area (Å²) in [5.41, 5.74) is 0.407. The highest BCUT2D eigenvalue weighted by molar-refractivity contribution is 7.89. The van der Waals surface area contributed by atoms with Gasteiger partial charge in [0.15, 0.2) is 5.65 Å². The van der Waals surface area contributed by atoms with Crippen LogP contribution in [0.5, 0.6) is 5.75 Å². The zero-order valence-corrected chi connectivity index (χ0v) is 18.4. The summed E-state index contributed by atoms with van der Waals surface area (Å²) in [6.45, 7) is 2.38. The molecule has 4 rings (SSSR count). The topological polar surface area (TPSA) is 124 Å². The molecule has 0 spiro atoms. The zero-order chi connectivity index (χ0) is 22.9. The summed E-state index contributed by atoms with van der Waals surface area (Å²) in [7, 11) is -3.67. The number of imidazole rings is 1. The Morgan fingerprint density at radius 2 is 1.88 bits per heavy atom. The second-order valence-electron chi connectivity index (χ2n) is 7.52. The average molecular weight is 461 g/mol. The number of pyridine rings is 1. The second kappa shape index (κ2) is 8.75. The van der Waals surface area contributed by atoms with Gasteiger partial charge in [-0.1, -0.05) is 0 Å². The molecule has 0 saturated carbocycles. The first kappa shape index (κ1) is 22.0. The third-order valence-electron chi connectivity index (χ3n) is 5.58. The van der Waals surface area contributed by atoms with E-state index in [1.807, 2.05) is 6.92 Å². The van der Waals surface area contributed by atoms with Crippen LogP contribution < -0.4 is 10.4 Å². The van der Waals surface area contributed by atoms with Crippen molar-refractivity contribution in [2.45, 2.75) is 37.2 Å². The van der Waals surface area contributed by atoms with E-state index in [0.717, 1.165) is 0 Å². The molecule has 1 aliphatic heterocycles. The molecule has 170 valence electrons. The lowest BCUT2D eigenvalue weighted by molar-refractivity contribution is -0.137. The molecule has 3 aromatic rings. The fourth-order valence-corrected chi connectivity index (χ4v) is 5.56. The van der Waals surface area contributed by atoms with Crippen molar-refractivity contribution < 1.29 is 23.1 Å². The van der Waals surface area contributed by atoms with Crippen LogP contribution in [0.3, 0.4) is 0 Å². The number of carboxylic acid groups (broad SMARTS) is 1. The Bertz CT molecular complexity index is 1290. The molecule has 1 aromatic carbocycles. The molecule has 0 aliphatic carbocycles. The van der Waals surface area contributed by atoms with Crippen molar-refractivity contribution >= 4 is 27.2 Å². The number of carbonyl (C=O) groups is 1. The van der Waals surface area contributed by atoms with Crippen LogP contribution in [0.15, 0.2) is 52.3 Å². The van der Waals surface area contributed by atoms with Crippen LogP contribution in [0.4, 0.5) is 0 Å². The van der Waals surface area contributed by atoms with Crippen LogP contribution in [0, 0.1) is 0 Å². The number of aliphatic carboxylic acids is 1. The van der Waals surface area contributed by atoms with Crippen molar-refractivity contribution in [1.29, 1.82) is 0 Å². The number of nitrogens with zero attached hydrogens (tertiary/aromatic N) is 4. The predicted molar refractivity (Wildman–Crippen MR) is 116 cm³/mol. The summed E-state index contributed by atoms with van der Waals surface area (Å²) in [5, 5.41) is 9.18. The third kappa shape index (κ3) is 4.00. The summed E-state index contributed by atoms with van der Waals surface area (Å²) in [6, 6.07) is 9.35. The molecule has 1 fully saturated rings. The summed E-state index contributed by atoms with van der Waals surface area (Å²) >= 11 is 0. The van der Waals surface area contributed by atoms with Gasteiger partial charge < -0.3 is 9.84 Å². The molecule has 0 atom stereocenters. The number of rotatable bonds is 7. The Morgan fingerprint density at radius 3 is 2.50 bits per heavy atom. The summed E-state index contributed by atoms with van der Waals surface area (Å²) in [5.74, 6) is -0.513. The minimum Gasteiger partial charge on any atom is -0.494 e. The fourth-order valence-electron chi connectivity index (χ4n) is 4.09. The second-order valence-corrected chi connectivity index (χ2v) is 9.46. The van der Waals surface area contributed by atoms with Gasteiger partial charge in [-0.2, -0.15) is 4.31 Å². The lowest BCUT2D eigenvalue weighted by atomic mass is 10.1. The third-order valence-corrected chi connectivity index (χ3v) is 7.49. The van der Waals surface area contributed by atoms with E-state index in [0.29, 0.717) is 36.4 Å². The molecule has 3 heterocycles. The molecule has 0 radical (unpaired) electrons. The number of piperidine rings is 1. The van der Waals surface area contributed by atoms with Crippen LogP contribution in [0.1, 0.15) is 25.8 Å². The number of aromatic nitrogens is 3. The highest BCUT2D eigenvalue weighted by Crippen LogP contribution is 2.29.